The van der Waals surface area contributed by atoms with E-state index in [1.165, 1.54) is 12.5 Å². The molecule has 18 heavy (non-hydrogen) atoms. The molecular weight excluding hydrogens is 232 g/mol. The van der Waals surface area contributed by atoms with Crippen LogP contribution in [0.25, 0.3) is 0 Å². The van der Waals surface area contributed by atoms with Gasteiger partial charge in [0.25, 0.3) is 5.91 Å². The number of hydrogen-bond acceptors (Lipinski definition) is 5. The first-order chi connectivity index (χ1) is 8.72. The monoisotopic (exact) mass is 246 g/mol. The Morgan fingerprint density at radius 1 is 1.50 bits per heavy atom. The van der Waals surface area contributed by atoms with E-state index in [1.807, 2.05) is 6.92 Å². The number of nitrogens with zero attached hydrogens (tertiary/aromatic N) is 3. The van der Waals surface area contributed by atoms with Gasteiger partial charge in [0.05, 0.1) is 11.6 Å². The summed E-state index contributed by atoms with van der Waals surface area (Å²) < 4.78 is 0. The molecule has 2 heterocycles. The Hall–Kier alpha value is -2.44. The summed E-state index contributed by atoms with van der Waals surface area (Å²) in [7, 11) is 1.76. The molecule has 0 saturated heterocycles. The molecule has 0 radical (unpaired) electrons. The maximum Gasteiger partial charge on any atom is 0.255 e. The van der Waals surface area contributed by atoms with Crippen LogP contribution in [0.2, 0.25) is 0 Å². The lowest BCUT2D eigenvalue weighted by Gasteiger charge is -2.13. The molecule has 0 spiro atoms. The predicted octanol–water partition coefficient (Wildman–Crippen LogP) is 0.732. The van der Waals surface area contributed by atoms with Gasteiger partial charge in [0.1, 0.15) is 12.2 Å². The molecule has 0 aliphatic rings. The Morgan fingerprint density at radius 3 is 3.00 bits per heavy atom. The molecular formula is C11H14N6O. The van der Waals surface area contributed by atoms with Crippen molar-refractivity contribution in [3.63, 3.8) is 0 Å². The van der Waals surface area contributed by atoms with Crippen molar-refractivity contribution in [1.29, 1.82) is 0 Å². The largest absolute Gasteiger partial charge is 0.387 e. The van der Waals surface area contributed by atoms with E-state index < -0.39 is 0 Å². The van der Waals surface area contributed by atoms with Gasteiger partial charge in [0.2, 0.25) is 0 Å². The van der Waals surface area contributed by atoms with E-state index in [-0.39, 0.29) is 11.9 Å². The van der Waals surface area contributed by atoms with E-state index in [1.54, 1.807) is 19.3 Å². The van der Waals surface area contributed by atoms with Gasteiger partial charge >= 0.3 is 0 Å². The fraction of sp³-hybridized carbons (Fsp3) is 0.273. The lowest BCUT2D eigenvalue weighted by Crippen LogP contribution is -2.28. The lowest BCUT2D eigenvalue weighted by molar-refractivity contribution is 0.0939. The van der Waals surface area contributed by atoms with Gasteiger partial charge < -0.3 is 10.6 Å². The number of carbonyl (C=O) groups is 1. The van der Waals surface area contributed by atoms with Crippen LogP contribution in [0.1, 0.15) is 29.1 Å². The highest BCUT2D eigenvalue weighted by Crippen LogP contribution is 2.14. The normalized spacial score (nSPS) is 11.9. The van der Waals surface area contributed by atoms with Crippen LogP contribution in [0.3, 0.4) is 0 Å². The smallest absolute Gasteiger partial charge is 0.255 e. The summed E-state index contributed by atoms with van der Waals surface area (Å²) in [6, 6.07) is 1.50. The summed E-state index contributed by atoms with van der Waals surface area (Å²) in [5.74, 6) is 0.398. The highest BCUT2D eigenvalue weighted by Gasteiger charge is 2.15. The molecule has 3 N–H and O–H groups in total. The third-order valence-electron chi connectivity index (χ3n) is 2.53. The van der Waals surface area contributed by atoms with Gasteiger partial charge in [0.15, 0.2) is 0 Å². The number of aromatic nitrogens is 4. The number of pyridine rings is 1. The Balaban J connectivity index is 2.12. The molecule has 0 bridgehead atoms. The van der Waals surface area contributed by atoms with Crippen molar-refractivity contribution in [2.45, 2.75) is 13.0 Å². The van der Waals surface area contributed by atoms with Crippen molar-refractivity contribution in [3.8, 4) is 0 Å². The van der Waals surface area contributed by atoms with E-state index in [0.717, 1.165) is 5.69 Å². The highest BCUT2D eigenvalue weighted by atomic mass is 16.1. The van der Waals surface area contributed by atoms with Crippen LogP contribution in [-0.4, -0.2) is 33.1 Å². The third-order valence-corrected chi connectivity index (χ3v) is 2.53. The van der Waals surface area contributed by atoms with Gasteiger partial charge in [-0.2, -0.15) is 5.10 Å². The number of nitrogens with one attached hydrogen (secondary N) is 3. The van der Waals surface area contributed by atoms with Crippen molar-refractivity contribution >= 4 is 11.6 Å². The number of amides is 1. The first-order valence-electron chi connectivity index (χ1n) is 5.50. The summed E-state index contributed by atoms with van der Waals surface area (Å²) in [5.41, 5.74) is 1.22. The average molecular weight is 246 g/mol. The highest BCUT2D eigenvalue weighted by molar-refractivity contribution is 5.99. The van der Waals surface area contributed by atoms with Gasteiger partial charge in [-0.3, -0.25) is 14.9 Å². The number of H-pyrrole nitrogens is 1. The maximum atomic E-state index is 12.1. The molecule has 2 rings (SSSR count). The Kier molecular flexibility index (Phi) is 3.52. The SMILES string of the molecule is CNc1ccncc1C(=O)NC(C)c1ncn[nH]1. The Bertz CT molecular complexity index is 524. The number of anilines is 1. The van der Waals surface area contributed by atoms with Gasteiger partial charge in [-0.1, -0.05) is 0 Å². The summed E-state index contributed by atoms with van der Waals surface area (Å²) >= 11 is 0. The molecule has 0 aliphatic heterocycles. The second-order valence-corrected chi connectivity index (χ2v) is 3.74. The second-order valence-electron chi connectivity index (χ2n) is 3.74. The van der Waals surface area contributed by atoms with Crippen LogP contribution in [0, 0.1) is 0 Å². The van der Waals surface area contributed by atoms with E-state index >= 15 is 0 Å². The fourth-order valence-corrected chi connectivity index (χ4v) is 1.56. The molecule has 7 nitrogen and oxygen atoms in total. The Morgan fingerprint density at radius 2 is 2.33 bits per heavy atom. The number of carbonyl (C=O) groups excluding carboxylic acids is 1. The van der Waals surface area contributed by atoms with Crippen molar-refractivity contribution in [2.24, 2.45) is 0 Å². The zero-order chi connectivity index (χ0) is 13.0. The van der Waals surface area contributed by atoms with Crippen LogP contribution >= 0.6 is 0 Å². The molecule has 94 valence electrons. The van der Waals surface area contributed by atoms with Crippen molar-refractivity contribution in [1.82, 2.24) is 25.5 Å². The minimum atomic E-state index is -0.245. The van der Waals surface area contributed by atoms with Crippen LogP contribution in [0.5, 0.6) is 0 Å². The van der Waals surface area contributed by atoms with E-state index in [0.29, 0.717) is 11.4 Å². The van der Waals surface area contributed by atoms with Gasteiger partial charge in [-0.15, -0.1) is 0 Å². The van der Waals surface area contributed by atoms with E-state index in [9.17, 15) is 4.79 Å². The van der Waals surface area contributed by atoms with Crippen LogP contribution in [-0.2, 0) is 0 Å². The van der Waals surface area contributed by atoms with Crippen LogP contribution < -0.4 is 10.6 Å². The molecule has 0 fully saturated rings. The molecule has 7 heteroatoms. The third kappa shape index (κ3) is 2.45. The van der Waals surface area contributed by atoms with E-state index in [4.69, 9.17) is 0 Å². The first-order valence-corrected chi connectivity index (χ1v) is 5.50. The topological polar surface area (TPSA) is 95.6 Å². The lowest BCUT2D eigenvalue weighted by atomic mass is 10.2. The molecule has 0 saturated carbocycles. The zero-order valence-electron chi connectivity index (χ0n) is 10.1. The summed E-state index contributed by atoms with van der Waals surface area (Å²) in [6.07, 6.45) is 4.55. The van der Waals surface area contributed by atoms with Crippen LogP contribution in [0.4, 0.5) is 5.69 Å². The molecule has 1 atom stereocenters. The molecule has 0 aromatic carbocycles. The van der Waals surface area contributed by atoms with Gasteiger partial charge in [-0.25, -0.2) is 4.98 Å². The average Bonchev–Trinajstić information content (AvgIpc) is 2.92. The Labute approximate surface area is 104 Å². The molecule has 2 aromatic heterocycles. The number of hydrogen-bond donors (Lipinski definition) is 3. The molecule has 2 aromatic rings. The second kappa shape index (κ2) is 5.26. The fourth-order valence-electron chi connectivity index (χ4n) is 1.56. The van der Waals surface area contributed by atoms with Crippen molar-refractivity contribution < 1.29 is 4.79 Å². The zero-order valence-corrected chi connectivity index (χ0v) is 10.1. The van der Waals surface area contributed by atoms with Gasteiger partial charge in [-0.05, 0) is 13.0 Å². The summed E-state index contributed by atoms with van der Waals surface area (Å²) in [6.45, 7) is 1.83. The molecule has 1 unspecified atom stereocenters. The standard InChI is InChI=1S/C11H14N6O/c1-7(10-14-6-15-17-10)16-11(18)8-5-13-4-3-9(8)12-2/h3-7H,1-2H3,(H,12,13)(H,16,18)(H,14,15,17). The van der Waals surface area contributed by atoms with Crippen LogP contribution in [0.15, 0.2) is 24.8 Å². The molecule has 1 amide bonds. The first kappa shape index (κ1) is 12.0. The predicted molar refractivity (Wildman–Crippen MR) is 66.0 cm³/mol. The minimum Gasteiger partial charge on any atom is -0.387 e. The molecule has 0 aliphatic carbocycles. The minimum absolute atomic E-state index is 0.212. The quantitative estimate of drug-likeness (QED) is 0.739. The number of rotatable bonds is 4. The van der Waals surface area contributed by atoms with Gasteiger partial charge in [0, 0.05) is 25.1 Å². The number of aromatic amines is 1. The summed E-state index contributed by atoms with van der Waals surface area (Å²) in [4.78, 5) is 20.0. The summed E-state index contributed by atoms with van der Waals surface area (Å²) in [5, 5.41) is 12.2. The van der Waals surface area contributed by atoms with E-state index in [2.05, 4.69) is 30.8 Å². The van der Waals surface area contributed by atoms with Crippen molar-refractivity contribution in [2.75, 3.05) is 12.4 Å². The maximum absolute atomic E-state index is 12.1. The van der Waals surface area contributed by atoms with Crippen molar-refractivity contribution in [3.05, 3.63) is 36.2 Å².